The largest absolute Gasteiger partial charge is 0.497 e. The number of H-pyrrole nitrogens is 1. The van der Waals surface area contributed by atoms with Crippen molar-refractivity contribution in [3.63, 3.8) is 0 Å². The molecule has 4 rings (SSSR count). The number of para-hydroxylation sites is 1. The van der Waals surface area contributed by atoms with Crippen molar-refractivity contribution in [1.82, 2.24) is 14.2 Å². The van der Waals surface area contributed by atoms with Crippen LogP contribution < -0.4 is 4.74 Å². The molecule has 0 unspecified atom stereocenters. The highest BCUT2D eigenvalue weighted by Gasteiger charge is 2.31. The second-order valence-electron chi connectivity index (χ2n) is 7.94. The third-order valence-corrected chi connectivity index (χ3v) is 8.06. The molecule has 1 N–H and O–H groups in total. The first kappa shape index (κ1) is 21.5. The number of nitrogens with zero attached hydrogens (tertiary/aromatic N) is 2. The van der Waals surface area contributed by atoms with Crippen LogP contribution in [0.1, 0.15) is 21.5 Å². The lowest BCUT2D eigenvalue weighted by Crippen LogP contribution is -2.50. The van der Waals surface area contributed by atoms with E-state index in [0.717, 1.165) is 10.9 Å². The number of methoxy groups -OCH3 is 1. The minimum absolute atomic E-state index is 0.0376. The summed E-state index contributed by atoms with van der Waals surface area (Å²) >= 11 is 0. The van der Waals surface area contributed by atoms with Crippen LogP contribution in [0.15, 0.2) is 47.5 Å². The van der Waals surface area contributed by atoms with Crippen molar-refractivity contribution in [2.75, 3.05) is 39.8 Å². The van der Waals surface area contributed by atoms with Gasteiger partial charge in [0.15, 0.2) is 5.78 Å². The van der Waals surface area contributed by atoms with E-state index >= 15 is 0 Å². The third kappa shape index (κ3) is 4.11. The predicted octanol–water partition coefficient (Wildman–Crippen LogP) is 2.98. The Kier molecular flexibility index (Phi) is 5.88. The Labute approximate surface area is 182 Å². The summed E-state index contributed by atoms with van der Waals surface area (Å²) in [6, 6.07) is 11.2. The Balaban J connectivity index is 1.44. The van der Waals surface area contributed by atoms with Gasteiger partial charge in [-0.15, -0.1) is 0 Å². The van der Waals surface area contributed by atoms with E-state index in [1.54, 1.807) is 39.3 Å². The molecule has 2 heterocycles. The molecule has 0 spiro atoms. The number of carbonyl (C=O) groups excluding carboxylic acids is 1. The average Bonchev–Trinajstić information content (AvgIpc) is 3.17. The summed E-state index contributed by atoms with van der Waals surface area (Å²) in [5, 5.41) is 0.916. The molecule has 3 aromatic rings. The number of rotatable bonds is 6. The van der Waals surface area contributed by atoms with Gasteiger partial charge in [0, 0.05) is 48.8 Å². The highest BCUT2D eigenvalue weighted by molar-refractivity contribution is 7.89. The molecule has 31 heavy (non-hydrogen) atoms. The summed E-state index contributed by atoms with van der Waals surface area (Å²) in [6.07, 6.45) is 1.75. The van der Waals surface area contributed by atoms with Crippen molar-refractivity contribution in [2.45, 2.75) is 18.7 Å². The van der Waals surface area contributed by atoms with E-state index in [9.17, 15) is 13.2 Å². The Morgan fingerprint density at radius 2 is 1.71 bits per heavy atom. The van der Waals surface area contributed by atoms with E-state index < -0.39 is 10.0 Å². The molecule has 164 valence electrons. The van der Waals surface area contributed by atoms with Crippen LogP contribution in [0.3, 0.4) is 0 Å². The second kappa shape index (κ2) is 8.45. The van der Waals surface area contributed by atoms with Gasteiger partial charge >= 0.3 is 0 Å². The number of aromatic amines is 1. The second-order valence-corrected chi connectivity index (χ2v) is 9.82. The highest BCUT2D eigenvalue weighted by Crippen LogP contribution is 2.29. The van der Waals surface area contributed by atoms with Crippen molar-refractivity contribution in [1.29, 1.82) is 0 Å². The molecule has 0 saturated carbocycles. The van der Waals surface area contributed by atoms with Gasteiger partial charge in [-0.05, 0) is 43.2 Å². The molecule has 1 aromatic heterocycles. The number of fused-ring (bicyclic) bond motifs is 1. The van der Waals surface area contributed by atoms with Gasteiger partial charge in [-0.2, -0.15) is 4.31 Å². The van der Waals surface area contributed by atoms with Gasteiger partial charge in [-0.1, -0.05) is 18.2 Å². The van der Waals surface area contributed by atoms with Gasteiger partial charge in [0.1, 0.15) is 5.75 Å². The number of hydrogen-bond donors (Lipinski definition) is 1. The SMILES string of the molecule is COc1cc(C)c(S(=O)(=O)N2CCN(CC(=O)c3c[nH]c4ccccc34)CC2)c(C)c1. The van der Waals surface area contributed by atoms with E-state index in [4.69, 9.17) is 4.74 Å². The summed E-state index contributed by atoms with van der Waals surface area (Å²) in [6.45, 7) is 5.60. The van der Waals surface area contributed by atoms with Crippen molar-refractivity contribution in [3.05, 3.63) is 59.3 Å². The molecular formula is C23H27N3O4S. The molecule has 2 aromatic carbocycles. The van der Waals surface area contributed by atoms with E-state index in [1.165, 1.54) is 4.31 Å². The van der Waals surface area contributed by atoms with Crippen molar-refractivity contribution >= 4 is 26.7 Å². The number of ether oxygens (including phenoxy) is 1. The molecule has 0 aliphatic carbocycles. The number of benzene rings is 2. The Morgan fingerprint density at radius 1 is 1.06 bits per heavy atom. The summed E-state index contributed by atoms with van der Waals surface area (Å²) in [5.41, 5.74) is 2.96. The Hall–Kier alpha value is -2.68. The molecule has 0 amide bonds. The first-order valence-corrected chi connectivity index (χ1v) is 11.7. The molecular weight excluding hydrogens is 414 g/mol. The van der Waals surface area contributed by atoms with Crippen molar-refractivity contribution < 1.29 is 17.9 Å². The van der Waals surface area contributed by atoms with Crippen LogP contribution in [0.2, 0.25) is 0 Å². The van der Waals surface area contributed by atoms with E-state index in [0.29, 0.717) is 53.5 Å². The van der Waals surface area contributed by atoms with E-state index in [1.807, 2.05) is 29.2 Å². The summed E-state index contributed by atoms with van der Waals surface area (Å²) in [5.74, 6) is 0.685. The molecule has 0 radical (unpaired) electrons. The van der Waals surface area contributed by atoms with Crippen LogP contribution in [-0.4, -0.2) is 68.2 Å². The highest BCUT2D eigenvalue weighted by atomic mass is 32.2. The van der Waals surface area contributed by atoms with Crippen LogP contribution >= 0.6 is 0 Å². The van der Waals surface area contributed by atoms with Gasteiger partial charge in [0.2, 0.25) is 10.0 Å². The Morgan fingerprint density at radius 3 is 2.35 bits per heavy atom. The fraction of sp³-hybridized carbons (Fsp3) is 0.348. The zero-order chi connectivity index (χ0) is 22.2. The van der Waals surface area contributed by atoms with E-state index in [2.05, 4.69) is 4.98 Å². The first-order chi connectivity index (χ1) is 14.8. The van der Waals surface area contributed by atoms with Crippen LogP contribution in [0.4, 0.5) is 0 Å². The molecule has 1 aliphatic rings. The number of aryl methyl sites for hydroxylation is 2. The summed E-state index contributed by atoms with van der Waals surface area (Å²) in [4.78, 5) is 18.3. The first-order valence-electron chi connectivity index (χ1n) is 10.3. The quantitative estimate of drug-likeness (QED) is 0.595. The number of ketones is 1. The maximum absolute atomic E-state index is 13.3. The number of hydrogen-bond acceptors (Lipinski definition) is 5. The zero-order valence-corrected chi connectivity index (χ0v) is 18.8. The van der Waals surface area contributed by atoms with Crippen LogP contribution in [0, 0.1) is 13.8 Å². The zero-order valence-electron chi connectivity index (χ0n) is 18.0. The lowest BCUT2D eigenvalue weighted by atomic mass is 10.1. The van der Waals surface area contributed by atoms with Gasteiger partial charge in [0.25, 0.3) is 0 Å². The molecule has 0 bridgehead atoms. The normalized spacial score (nSPS) is 16.0. The van der Waals surface area contributed by atoms with Crippen LogP contribution in [0.5, 0.6) is 5.75 Å². The standard InChI is InChI=1S/C23H27N3O4S/c1-16-12-18(30-3)13-17(2)23(16)31(28,29)26-10-8-25(9-11-26)15-22(27)20-14-24-21-7-5-4-6-19(20)21/h4-7,12-14,24H,8-11,15H2,1-3H3. The smallest absolute Gasteiger partial charge is 0.243 e. The number of sulfonamides is 1. The predicted molar refractivity (Wildman–Crippen MR) is 120 cm³/mol. The number of Topliss-reactive ketones (excluding diaryl/α,β-unsaturated/α-hetero) is 1. The molecule has 1 fully saturated rings. The van der Waals surface area contributed by atoms with E-state index in [-0.39, 0.29) is 12.3 Å². The van der Waals surface area contributed by atoms with Crippen LogP contribution in [0.25, 0.3) is 10.9 Å². The number of aromatic nitrogens is 1. The number of carbonyl (C=O) groups is 1. The number of piperazine rings is 1. The molecule has 8 heteroatoms. The van der Waals surface area contributed by atoms with Crippen molar-refractivity contribution in [3.8, 4) is 5.75 Å². The van der Waals surface area contributed by atoms with Gasteiger partial charge < -0.3 is 9.72 Å². The minimum atomic E-state index is -3.61. The topological polar surface area (TPSA) is 82.7 Å². The van der Waals surface area contributed by atoms with Crippen LogP contribution in [-0.2, 0) is 10.0 Å². The molecule has 0 atom stereocenters. The summed E-state index contributed by atoms with van der Waals surface area (Å²) in [7, 11) is -2.04. The molecule has 1 aliphatic heterocycles. The monoisotopic (exact) mass is 441 g/mol. The average molecular weight is 442 g/mol. The van der Waals surface area contributed by atoms with Gasteiger partial charge in [-0.3, -0.25) is 9.69 Å². The fourth-order valence-electron chi connectivity index (χ4n) is 4.28. The minimum Gasteiger partial charge on any atom is -0.497 e. The lowest BCUT2D eigenvalue weighted by Gasteiger charge is -2.34. The van der Waals surface area contributed by atoms with Gasteiger partial charge in [-0.25, -0.2) is 8.42 Å². The van der Waals surface area contributed by atoms with Gasteiger partial charge in [0.05, 0.1) is 18.6 Å². The third-order valence-electron chi connectivity index (χ3n) is 5.86. The fourth-order valence-corrected chi connectivity index (χ4v) is 6.12. The van der Waals surface area contributed by atoms with Crippen molar-refractivity contribution in [2.24, 2.45) is 0 Å². The lowest BCUT2D eigenvalue weighted by molar-refractivity contribution is 0.0903. The summed E-state index contributed by atoms with van der Waals surface area (Å²) < 4.78 is 33.3. The molecule has 7 nitrogen and oxygen atoms in total. The molecule has 1 saturated heterocycles. The maximum Gasteiger partial charge on any atom is 0.243 e. The maximum atomic E-state index is 13.3. The Bertz CT molecular complexity index is 1200. The number of nitrogens with one attached hydrogen (secondary N) is 1.